The van der Waals surface area contributed by atoms with E-state index in [4.69, 9.17) is 9.47 Å². The molecule has 1 aliphatic heterocycles. The van der Waals surface area contributed by atoms with E-state index in [0.29, 0.717) is 18.5 Å². The van der Waals surface area contributed by atoms with Gasteiger partial charge in [-0.2, -0.15) is 0 Å². The van der Waals surface area contributed by atoms with Gasteiger partial charge >= 0.3 is 0 Å². The van der Waals surface area contributed by atoms with Gasteiger partial charge in [0, 0.05) is 13.0 Å². The van der Waals surface area contributed by atoms with Crippen molar-refractivity contribution < 1.29 is 14.3 Å². The third kappa shape index (κ3) is 4.04. The number of para-hydroxylation sites is 1. The molecule has 0 saturated heterocycles. The first kappa shape index (κ1) is 18.9. The highest BCUT2D eigenvalue weighted by molar-refractivity contribution is 6.01. The summed E-state index contributed by atoms with van der Waals surface area (Å²) in [6.07, 6.45) is 0.549. The van der Waals surface area contributed by atoms with E-state index < -0.39 is 0 Å². The Hall–Kier alpha value is -3.47. The number of ether oxygens (including phenoxy) is 2. The van der Waals surface area contributed by atoms with Crippen LogP contribution in [0.15, 0.2) is 72.8 Å². The third-order valence-electron chi connectivity index (χ3n) is 5.23. The number of amides is 1. The molecule has 1 unspecified atom stereocenters. The molecule has 0 spiro atoms. The highest BCUT2D eigenvalue weighted by atomic mass is 16.5. The molecule has 29 heavy (non-hydrogen) atoms. The van der Waals surface area contributed by atoms with Crippen LogP contribution >= 0.6 is 0 Å². The summed E-state index contributed by atoms with van der Waals surface area (Å²) < 4.78 is 10.5. The second-order valence-electron chi connectivity index (χ2n) is 7.03. The van der Waals surface area contributed by atoms with Crippen LogP contribution in [0.4, 0.5) is 5.69 Å². The Bertz CT molecular complexity index is 984. The summed E-state index contributed by atoms with van der Waals surface area (Å²) >= 11 is 0. The van der Waals surface area contributed by atoms with Gasteiger partial charge in [-0.15, -0.1) is 0 Å². The normalized spacial score (nSPS) is 15.4. The zero-order chi connectivity index (χ0) is 20.2. The zero-order valence-electron chi connectivity index (χ0n) is 16.6. The summed E-state index contributed by atoms with van der Waals surface area (Å²) in [4.78, 5) is 14.9. The topological polar surface area (TPSA) is 50.8 Å². The Morgan fingerprint density at radius 1 is 0.828 bits per heavy atom. The molecule has 0 aromatic heterocycles. The van der Waals surface area contributed by atoms with Crippen LogP contribution in [0, 0.1) is 0 Å². The maximum absolute atomic E-state index is 12.7. The number of hydrogen-bond acceptors (Lipinski definition) is 4. The van der Waals surface area contributed by atoms with Crippen molar-refractivity contribution in [1.29, 1.82) is 0 Å². The van der Waals surface area contributed by atoms with E-state index in [1.165, 1.54) is 0 Å². The summed E-state index contributed by atoms with van der Waals surface area (Å²) in [5.74, 6) is 1.61. The Labute approximate surface area is 170 Å². The molecule has 3 aromatic rings. The number of carbonyl (C=O) groups is 1. The van der Waals surface area contributed by atoms with Crippen LogP contribution in [0.5, 0.6) is 11.5 Å². The van der Waals surface area contributed by atoms with Crippen LogP contribution in [0.1, 0.15) is 21.5 Å². The van der Waals surface area contributed by atoms with E-state index in [1.807, 2.05) is 60.7 Å². The Morgan fingerprint density at radius 3 is 2.03 bits per heavy atom. The van der Waals surface area contributed by atoms with E-state index in [2.05, 4.69) is 22.3 Å². The molecule has 1 amide bonds. The lowest BCUT2D eigenvalue weighted by atomic mass is 10.0. The van der Waals surface area contributed by atoms with Gasteiger partial charge in [-0.25, -0.2) is 0 Å². The summed E-state index contributed by atoms with van der Waals surface area (Å²) in [5.41, 5.74) is 3.93. The summed E-state index contributed by atoms with van der Waals surface area (Å²) in [5, 5.41) is 3.17. The zero-order valence-corrected chi connectivity index (χ0v) is 16.6. The fourth-order valence-electron chi connectivity index (χ4n) is 3.66. The molecule has 4 rings (SSSR count). The van der Waals surface area contributed by atoms with Crippen molar-refractivity contribution in [3.63, 3.8) is 0 Å². The highest BCUT2D eigenvalue weighted by Gasteiger charge is 2.30. The quantitative estimate of drug-likeness (QED) is 0.693. The molecule has 0 fully saturated rings. The predicted molar refractivity (Wildman–Crippen MR) is 114 cm³/mol. The Kier molecular flexibility index (Phi) is 5.38. The van der Waals surface area contributed by atoms with Crippen LogP contribution < -0.4 is 19.7 Å². The van der Waals surface area contributed by atoms with Crippen molar-refractivity contribution in [3.8, 4) is 11.5 Å². The number of fused-ring (bicyclic) bond motifs is 1. The molecule has 3 aromatic carbocycles. The largest absolute Gasteiger partial charge is 0.497 e. The van der Waals surface area contributed by atoms with Gasteiger partial charge in [-0.1, -0.05) is 36.4 Å². The highest BCUT2D eigenvalue weighted by Crippen LogP contribution is 2.29. The predicted octanol–water partition coefficient (Wildman–Crippen LogP) is 4.02. The molecule has 5 heteroatoms. The lowest BCUT2D eigenvalue weighted by molar-refractivity contribution is 0.0926. The molecule has 0 bridgehead atoms. The summed E-state index contributed by atoms with van der Waals surface area (Å²) in [6, 6.07) is 23.8. The fraction of sp³-hybridized carbons (Fsp3) is 0.208. The fourth-order valence-corrected chi connectivity index (χ4v) is 3.66. The van der Waals surface area contributed by atoms with E-state index in [9.17, 15) is 4.79 Å². The number of hydrogen-bond donors (Lipinski definition) is 1. The maximum Gasteiger partial charge on any atom is 0.254 e. The number of benzene rings is 3. The minimum absolute atomic E-state index is 0.0370. The van der Waals surface area contributed by atoms with Crippen molar-refractivity contribution in [1.82, 2.24) is 5.32 Å². The standard InChI is InChI=1S/C24H24N2O3/c1-28-19-11-7-17(8-12-19)15-23-25-24(27)21-5-3-4-6-22(21)26(23)16-18-9-13-20(29-2)14-10-18/h3-14,23H,15-16H2,1-2H3,(H,25,27). The first-order valence-electron chi connectivity index (χ1n) is 9.60. The molecule has 5 nitrogen and oxygen atoms in total. The molecule has 1 heterocycles. The average Bonchev–Trinajstić information content (AvgIpc) is 2.77. The van der Waals surface area contributed by atoms with Gasteiger partial charge in [0.15, 0.2) is 0 Å². The number of nitrogens with one attached hydrogen (secondary N) is 1. The van der Waals surface area contributed by atoms with E-state index in [-0.39, 0.29) is 12.1 Å². The van der Waals surface area contributed by atoms with Crippen molar-refractivity contribution in [3.05, 3.63) is 89.5 Å². The van der Waals surface area contributed by atoms with Gasteiger partial charge in [0.05, 0.1) is 25.5 Å². The number of nitrogens with zero attached hydrogens (tertiary/aromatic N) is 1. The van der Waals surface area contributed by atoms with Gasteiger partial charge < -0.3 is 19.7 Å². The molecule has 0 saturated carbocycles. The second kappa shape index (κ2) is 8.27. The maximum atomic E-state index is 12.7. The van der Waals surface area contributed by atoms with Crippen molar-refractivity contribution in [2.75, 3.05) is 19.1 Å². The number of anilines is 1. The smallest absolute Gasteiger partial charge is 0.254 e. The van der Waals surface area contributed by atoms with Crippen molar-refractivity contribution in [2.24, 2.45) is 0 Å². The van der Waals surface area contributed by atoms with Crippen LogP contribution in [0.3, 0.4) is 0 Å². The van der Waals surface area contributed by atoms with Crippen LogP contribution in [-0.4, -0.2) is 26.3 Å². The minimum Gasteiger partial charge on any atom is -0.497 e. The van der Waals surface area contributed by atoms with Crippen LogP contribution in [0.2, 0.25) is 0 Å². The molecular formula is C24H24N2O3. The molecule has 1 N–H and O–H groups in total. The average molecular weight is 388 g/mol. The van der Waals surface area contributed by atoms with E-state index in [0.717, 1.165) is 28.3 Å². The molecule has 1 atom stereocenters. The van der Waals surface area contributed by atoms with E-state index >= 15 is 0 Å². The number of methoxy groups -OCH3 is 2. The Balaban J connectivity index is 1.64. The van der Waals surface area contributed by atoms with Crippen molar-refractivity contribution in [2.45, 2.75) is 19.1 Å². The first-order chi connectivity index (χ1) is 14.2. The van der Waals surface area contributed by atoms with Crippen molar-refractivity contribution >= 4 is 11.6 Å². The van der Waals surface area contributed by atoms with Gasteiger partial charge in [-0.05, 0) is 47.5 Å². The molecular weight excluding hydrogens is 364 g/mol. The summed E-state index contributed by atoms with van der Waals surface area (Å²) in [6.45, 7) is 0.683. The molecule has 0 aliphatic carbocycles. The van der Waals surface area contributed by atoms with Gasteiger partial charge in [0.25, 0.3) is 5.91 Å². The van der Waals surface area contributed by atoms with Crippen LogP contribution in [-0.2, 0) is 13.0 Å². The van der Waals surface area contributed by atoms with Gasteiger partial charge in [-0.3, -0.25) is 4.79 Å². The van der Waals surface area contributed by atoms with E-state index in [1.54, 1.807) is 14.2 Å². The molecule has 1 aliphatic rings. The molecule has 0 radical (unpaired) electrons. The number of carbonyl (C=O) groups excluding carboxylic acids is 1. The van der Waals surface area contributed by atoms with Crippen LogP contribution in [0.25, 0.3) is 0 Å². The number of rotatable bonds is 6. The SMILES string of the molecule is COc1ccc(CC2NC(=O)c3ccccc3N2Cc2ccc(OC)cc2)cc1. The molecule has 148 valence electrons. The summed E-state index contributed by atoms with van der Waals surface area (Å²) in [7, 11) is 3.32. The monoisotopic (exact) mass is 388 g/mol. The lowest BCUT2D eigenvalue weighted by Crippen LogP contribution is -2.53. The first-order valence-corrected chi connectivity index (χ1v) is 9.60. The van der Waals surface area contributed by atoms with Gasteiger partial charge in [0.2, 0.25) is 0 Å². The Morgan fingerprint density at radius 2 is 1.41 bits per heavy atom. The lowest BCUT2D eigenvalue weighted by Gasteiger charge is -2.39. The van der Waals surface area contributed by atoms with Gasteiger partial charge in [0.1, 0.15) is 17.7 Å². The minimum atomic E-state index is -0.145. The second-order valence-corrected chi connectivity index (χ2v) is 7.03. The third-order valence-corrected chi connectivity index (χ3v) is 5.23.